The first-order valence-corrected chi connectivity index (χ1v) is 13.8. The maximum absolute atomic E-state index is 13.8. The Morgan fingerprint density at radius 3 is 2.39 bits per heavy atom. The summed E-state index contributed by atoms with van der Waals surface area (Å²) in [5.74, 6) is -0.654. The number of benzene rings is 2. The van der Waals surface area contributed by atoms with Crippen LogP contribution in [0.2, 0.25) is 0 Å². The highest BCUT2D eigenvalue weighted by Gasteiger charge is 2.53. The Balaban J connectivity index is 1.51. The Morgan fingerprint density at radius 1 is 1.05 bits per heavy atom. The van der Waals surface area contributed by atoms with Gasteiger partial charge in [-0.2, -0.15) is 0 Å². The van der Waals surface area contributed by atoms with E-state index >= 15 is 0 Å². The van der Waals surface area contributed by atoms with Crippen molar-refractivity contribution >= 4 is 18.1 Å². The summed E-state index contributed by atoms with van der Waals surface area (Å²) in [6.07, 6.45) is 0.594. The molecule has 41 heavy (non-hydrogen) atoms. The third kappa shape index (κ3) is 7.85. The van der Waals surface area contributed by atoms with Crippen molar-refractivity contribution in [3.05, 3.63) is 84.2 Å². The van der Waals surface area contributed by atoms with Gasteiger partial charge in [0, 0.05) is 6.54 Å². The molecule has 0 saturated carbocycles. The van der Waals surface area contributed by atoms with Crippen LogP contribution in [0.25, 0.3) is 0 Å². The van der Waals surface area contributed by atoms with E-state index < -0.39 is 36.0 Å². The summed E-state index contributed by atoms with van der Waals surface area (Å²) < 4.78 is 30.7. The fourth-order valence-corrected chi connectivity index (χ4v) is 5.27. The van der Waals surface area contributed by atoms with Gasteiger partial charge in [0.15, 0.2) is 0 Å². The Morgan fingerprint density at radius 2 is 1.73 bits per heavy atom. The SMILES string of the molecule is C=CC[C@H](NC(=O)OC(C)(C)C)C(=O)N1CC[C@@H]2[C@H]1[C@@H](OCc1ccc(F)cc1)CN2C(=O)OCc1ccccc1. The van der Waals surface area contributed by atoms with Gasteiger partial charge in [-0.1, -0.05) is 48.5 Å². The molecule has 2 heterocycles. The summed E-state index contributed by atoms with van der Waals surface area (Å²) in [6.45, 7) is 9.87. The monoisotopic (exact) mass is 567 g/mol. The van der Waals surface area contributed by atoms with Crippen molar-refractivity contribution in [3.8, 4) is 0 Å². The highest BCUT2D eigenvalue weighted by Crippen LogP contribution is 2.35. The molecule has 0 radical (unpaired) electrons. The number of carbonyl (C=O) groups is 3. The second kappa shape index (κ2) is 13.2. The fraction of sp³-hybridized carbons (Fsp3) is 0.452. The fourth-order valence-electron chi connectivity index (χ4n) is 5.27. The second-order valence-electron chi connectivity index (χ2n) is 11.3. The lowest BCUT2D eigenvalue weighted by Crippen LogP contribution is -2.54. The van der Waals surface area contributed by atoms with E-state index in [0.717, 1.165) is 11.1 Å². The van der Waals surface area contributed by atoms with Gasteiger partial charge in [0.2, 0.25) is 5.91 Å². The van der Waals surface area contributed by atoms with Gasteiger partial charge in [0.1, 0.15) is 24.1 Å². The van der Waals surface area contributed by atoms with Crippen molar-refractivity contribution < 1.29 is 33.0 Å². The number of nitrogens with zero attached hydrogens (tertiary/aromatic N) is 2. The molecule has 220 valence electrons. The smallest absolute Gasteiger partial charge is 0.410 e. The van der Waals surface area contributed by atoms with Gasteiger partial charge in [-0.15, -0.1) is 6.58 Å². The molecule has 2 saturated heterocycles. The quantitative estimate of drug-likeness (QED) is 0.437. The molecule has 2 aliphatic heterocycles. The van der Waals surface area contributed by atoms with Gasteiger partial charge in [-0.25, -0.2) is 14.0 Å². The standard InChI is InChI=1S/C31H38FN3O6/c1-5-9-24(33-29(37)41-31(2,3)4)28(36)34-17-16-25-27(34)26(39-19-22-12-14-23(32)15-13-22)18-35(25)30(38)40-20-21-10-7-6-8-11-21/h5-8,10-15,24-27H,1,9,16-20H2,2-4H3,(H,33,37)/t24-,25+,26-,27-/m0/s1. The first-order valence-electron chi connectivity index (χ1n) is 13.8. The van der Waals surface area contributed by atoms with Crippen molar-refractivity contribution in [2.45, 2.75) is 76.7 Å². The first kappa shape index (κ1) is 30.0. The lowest BCUT2D eigenvalue weighted by atomic mass is 10.1. The molecule has 9 nitrogen and oxygen atoms in total. The topological polar surface area (TPSA) is 97.4 Å². The van der Waals surface area contributed by atoms with Crippen molar-refractivity contribution in [3.63, 3.8) is 0 Å². The Labute approximate surface area is 240 Å². The van der Waals surface area contributed by atoms with Crippen LogP contribution in [0.4, 0.5) is 14.0 Å². The molecule has 0 bridgehead atoms. The van der Waals surface area contributed by atoms with Crippen LogP contribution < -0.4 is 5.32 Å². The number of hydrogen-bond donors (Lipinski definition) is 1. The van der Waals surface area contributed by atoms with Crippen LogP contribution in [-0.2, 0) is 32.2 Å². The highest BCUT2D eigenvalue weighted by atomic mass is 19.1. The van der Waals surface area contributed by atoms with Crippen LogP contribution in [0.3, 0.4) is 0 Å². The van der Waals surface area contributed by atoms with Crippen molar-refractivity contribution in [2.24, 2.45) is 0 Å². The Kier molecular flexibility index (Phi) is 9.65. The summed E-state index contributed by atoms with van der Waals surface area (Å²) in [7, 11) is 0. The number of halogens is 1. The largest absolute Gasteiger partial charge is 0.445 e. The molecule has 10 heteroatoms. The number of amides is 3. The number of likely N-dealkylation sites (tertiary alicyclic amines) is 2. The third-order valence-corrected chi connectivity index (χ3v) is 7.07. The maximum atomic E-state index is 13.8. The normalized spacial score (nSPS) is 20.7. The molecule has 0 unspecified atom stereocenters. The van der Waals surface area contributed by atoms with Gasteiger partial charge in [-0.05, 0) is 56.9 Å². The first-order chi connectivity index (χ1) is 19.6. The summed E-state index contributed by atoms with van der Waals surface area (Å²) >= 11 is 0. The molecule has 0 spiro atoms. The molecule has 3 amide bonds. The zero-order chi connectivity index (χ0) is 29.6. The van der Waals surface area contributed by atoms with Crippen LogP contribution in [0.15, 0.2) is 67.3 Å². The minimum absolute atomic E-state index is 0.124. The van der Waals surface area contributed by atoms with E-state index in [-0.39, 0.29) is 43.9 Å². The summed E-state index contributed by atoms with van der Waals surface area (Å²) in [5.41, 5.74) is 0.903. The van der Waals surface area contributed by atoms with Crippen molar-refractivity contribution in [2.75, 3.05) is 13.1 Å². The molecule has 2 aromatic carbocycles. The zero-order valence-corrected chi connectivity index (χ0v) is 23.8. The van der Waals surface area contributed by atoms with E-state index in [9.17, 15) is 18.8 Å². The minimum Gasteiger partial charge on any atom is -0.445 e. The molecule has 2 fully saturated rings. The molecular formula is C31H38FN3O6. The maximum Gasteiger partial charge on any atom is 0.410 e. The molecule has 2 aromatic rings. The number of fused-ring (bicyclic) bond motifs is 1. The number of alkyl carbamates (subject to hydrolysis) is 1. The van der Waals surface area contributed by atoms with Gasteiger partial charge in [-0.3, -0.25) is 4.79 Å². The molecule has 4 atom stereocenters. The summed E-state index contributed by atoms with van der Waals surface area (Å²) in [5, 5.41) is 2.68. The van der Waals surface area contributed by atoms with Crippen LogP contribution >= 0.6 is 0 Å². The lowest BCUT2D eigenvalue weighted by molar-refractivity contribution is -0.136. The number of rotatable bonds is 9. The van der Waals surface area contributed by atoms with Crippen LogP contribution in [-0.4, -0.2) is 70.8 Å². The van der Waals surface area contributed by atoms with Crippen LogP contribution in [0, 0.1) is 5.82 Å². The van der Waals surface area contributed by atoms with Gasteiger partial charge in [0.25, 0.3) is 0 Å². The summed E-state index contributed by atoms with van der Waals surface area (Å²) in [4.78, 5) is 42.8. The van der Waals surface area contributed by atoms with Gasteiger partial charge in [0.05, 0.1) is 31.3 Å². The van der Waals surface area contributed by atoms with E-state index in [2.05, 4.69) is 11.9 Å². The minimum atomic E-state index is -0.891. The average Bonchev–Trinajstić information content (AvgIpc) is 3.51. The van der Waals surface area contributed by atoms with E-state index in [1.54, 1.807) is 48.8 Å². The van der Waals surface area contributed by atoms with Crippen molar-refractivity contribution in [1.82, 2.24) is 15.1 Å². The average molecular weight is 568 g/mol. The third-order valence-electron chi connectivity index (χ3n) is 7.07. The van der Waals surface area contributed by atoms with E-state index in [0.29, 0.717) is 13.0 Å². The van der Waals surface area contributed by atoms with Gasteiger partial charge < -0.3 is 29.3 Å². The Hall–Kier alpha value is -3.92. The Bertz CT molecular complexity index is 1220. The predicted octanol–water partition coefficient (Wildman–Crippen LogP) is 4.80. The number of ether oxygens (including phenoxy) is 3. The molecule has 4 rings (SSSR count). The molecular weight excluding hydrogens is 529 g/mol. The number of carbonyl (C=O) groups excluding carboxylic acids is 3. The summed E-state index contributed by atoms with van der Waals surface area (Å²) in [6, 6.07) is 13.7. The second-order valence-corrected chi connectivity index (χ2v) is 11.3. The molecule has 0 aromatic heterocycles. The molecule has 1 N–H and O–H groups in total. The van der Waals surface area contributed by atoms with E-state index in [1.165, 1.54) is 12.1 Å². The number of nitrogens with one attached hydrogen (secondary N) is 1. The predicted molar refractivity (Wildman–Crippen MR) is 150 cm³/mol. The zero-order valence-electron chi connectivity index (χ0n) is 23.8. The van der Waals surface area contributed by atoms with Crippen LogP contribution in [0.5, 0.6) is 0 Å². The van der Waals surface area contributed by atoms with Gasteiger partial charge >= 0.3 is 12.2 Å². The molecule has 2 aliphatic rings. The molecule has 0 aliphatic carbocycles. The van der Waals surface area contributed by atoms with E-state index in [4.69, 9.17) is 14.2 Å². The lowest BCUT2D eigenvalue weighted by Gasteiger charge is -2.32. The highest BCUT2D eigenvalue weighted by molar-refractivity contribution is 5.87. The number of hydrogen-bond acceptors (Lipinski definition) is 6. The van der Waals surface area contributed by atoms with Crippen LogP contribution in [0.1, 0.15) is 44.7 Å². The van der Waals surface area contributed by atoms with Crippen molar-refractivity contribution in [1.29, 1.82) is 0 Å². The van der Waals surface area contributed by atoms with E-state index in [1.807, 2.05) is 30.3 Å².